The number of likely N-dealkylation sites (N-methyl/N-ethyl adjacent to an activating group) is 1. The molecular formula is C29H44N6O. The number of fused-ring (bicyclic) bond motifs is 1. The van der Waals surface area contributed by atoms with Gasteiger partial charge in [0.2, 0.25) is 5.95 Å². The highest BCUT2D eigenvalue weighted by Crippen LogP contribution is 2.35. The van der Waals surface area contributed by atoms with E-state index in [0.717, 1.165) is 87.9 Å². The maximum absolute atomic E-state index is 10.1. The number of piperazine rings is 1. The maximum atomic E-state index is 10.1. The van der Waals surface area contributed by atoms with Crippen molar-refractivity contribution in [2.75, 3.05) is 51.6 Å². The molecule has 1 aliphatic heterocycles. The van der Waals surface area contributed by atoms with Crippen molar-refractivity contribution in [2.24, 2.45) is 5.92 Å². The molecular weight excluding hydrogens is 448 g/mol. The van der Waals surface area contributed by atoms with Gasteiger partial charge in [0.05, 0.1) is 6.10 Å². The van der Waals surface area contributed by atoms with Crippen molar-refractivity contribution in [3.63, 3.8) is 0 Å². The van der Waals surface area contributed by atoms with Crippen molar-refractivity contribution in [2.45, 2.75) is 70.9 Å². The van der Waals surface area contributed by atoms with Gasteiger partial charge in [-0.2, -0.15) is 4.98 Å². The van der Waals surface area contributed by atoms with Gasteiger partial charge < -0.3 is 19.9 Å². The number of aromatic nitrogens is 3. The zero-order chi connectivity index (χ0) is 25.1. The van der Waals surface area contributed by atoms with Crippen LogP contribution in [-0.4, -0.2) is 81.9 Å². The van der Waals surface area contributed by atoms with E-state index < -0.39 is 0 Å². The predicted octanol–water partition coefficient (Wildman–Crippen LogP) is 4.72. The molecule has 7 heteroatoms. The lowest BCUT2D eigenvalue weighted by atomic mass is 9.93. The number of aliphatic hydroxyl groups excluding tert-OH is 1. The van der Waals surface area contributed by atoms with Gasteiger partial charge in [-0.3, -0.25) is 4.90 Å². The second-order valence-corrected chi connectivity index (χ2v) is 11.4. The Morgan fingerprint density at radius 2 is 1.81 bits per heavy atom. The van der Waals surface area contributed by atoms with Gasteiger partial charge in [0.1, 0.15) is 5.65 Å². The molecule has 2 saturated carbocycles. The average molecular weight is 493 g/mol. The van der Waals surface area contributed by atoms with Gasteiger partial charge in [-0.15, -0.1) is 0 Å². The largest absolute Gasteiger partial charge is 0.393 e. The second-order valence-electron chi connectivity index (χ2n) is 11.4. The normalized spacial score (nSPS) is 25.0. The van der Waals surface area contributed by atoms with Gasteiger partial charge in [-0.1, -0.05) is 30.6 Å². The molecule has 2 aromatic heterocycles. The summed E-state index contributed by atoms with van der Waals surface area (Å²) in [5, 5.41) is 14.6. The molecule has 2 N–H and O–H groups in total. The number of allylic oxidation sites excluding steroid dienone is 3. The third-order valence-corrected chi connectivity index (χ3v) is 8.28. The minimum atomic E-state index is -0.160. The highest BCUT2D eigenvalue weighted by molar-refractivity contribution is 5.91. The number of hydrogen-bond acceptors (Lipinski definition) is 6. The summed E-state index contributed by atoms with van der Waals surface area (Å²) in [5.74, 6) is 1.63. The summed E-state index contributed by atoms with van der Waals surface area (Å²) in [6.45, 7) is 11.0. The van der Waals surface area contributed by atoms with E-state index in [1.54, 1.807) is 0 Å². The fraction of sp³-hybridized carbons (Fsp3) is 0.655. The Morgan fingerprint density at radius 3 is 2.53 bits per heavy atom. The molecule has 0 atom stereocenters. The molecule has 0 radical (unpaired) electrons. The van der Waals surface area contributed by atoms with Gasteiger partial charge in [0.25, 0.3) is 0 Å². The standard InChI is InChI=1S/C29H44N6O/c1-21(19-34-16-14-33(3)15-17-34)4-5-22(2)27-20-35(24-8-10-25(36)11-9-24)28-26(27)18-31-29(32-28)30-13-12-23-6-7-23/h4-5,18,20,23-25,36H,6-17,19H2,1-3H3,(H,30,31,32)/b21-4+,22-5+. The van der Waals surface area contributed by atoms with E-state index in [0.29, 0.717) is 6.04 Å². The molecule has 0 spiro atoms. The zero-order valence-corrected chi connectivity index (χ0v) is 22.4. The Balaban J connectivity index is 1.36. The van der Waals surface area contributed by atoms with Crippen molar-refractivity contribution in [1.82, 2.24) is 24.3 Å². The van der Waals surface area contributed by atoms with Gasteiger partial charge in [-0.25, -0.2) is 4.98 Å². The summed E-state index contributed by atoms with van der Waals surface area (Å²) >= 11 is 0. The molecule has 5 rings (SSSR count). The fourth-order valence-electron chi connectivity index (χ4n) is 5.61. The molecule has 0 unspecified atom stereocenters. The Bertz CT molecular complexity index is 1080. The highest BCUT2D eigenvalue weighted by atomic mass is 16.3. The number of aliphatic hydroxyl groups is 1. The number of rotatable bonds is 9. The second kappa shape index (κ2) is 11.4. The first-order valence-electron chi connectivity index (χ1n) is 14.0. The van der Waals surface area contributed by atoms with E-state index in [4.69, 9.17) is 4.98 Å². The van der Waals surface area contributed by atoms with Crippen LogP contribution < -0.4 is 5.32 Å². The third-order valence-electron chi connectivity index (χ3n) is 8.28. The van der Waals surface area contributed by atoms with E-state index in [-0.39, 0.29) is 6.10 Å². The molecule has 196 valence electrons. The molecule has 36 heavy (non-hydrogen) atoms. The summed E-state index contributed by atoms with van der Waals surface area (Å²) in [5.41, 5.74) is 4.86. The number of nitrogens with one attached hydrogen (secondary N) is 1. The zero-order valence-electron chi connectivity index (χ0n) is 22.4. The molecule has 2 aromatic rings. The fourth-order valence-corrected chi connectivity index (χ4v) is 5.61. The molecule has 7 nitrogen and oxygen atoms in total. The van der Waals surface area contributed by atoms with Crippen LogP contribution in [0, 0.1) is 5.92 Å². The lowest BCUT2D eigenvalue weighted by molar-refractivity contribution is 0.111. The van der Waals surface area contributed by atoms with Gasteiger partial charge in [0, 0.05) is 68.7 Å². The lowest BCUT2D eigenvalue weighted by Gasteiger charge is -2.32. The van der Waals surface area contributed by atoms with Gasteiger partial charge in [0.15, 0.2) is 0 Å². The van der Waals surface area contributed by atoms with Crippen LogP contribution in [0.5, 0.6) is 0 Å². The van der Waals surface area contributed by atoms with Gasteiger partial charge >= 0.3 is 0 Å². The first-order valence-corrected chi connectivity index (χ1v) is 14.0. The summed E-state index contributed by atoms with van der Waals surface area (Å²) in [6, 6.07) is 0.376. The Hall–Kier alpha value is -2.22. The van der Waals surface area contributed by atoms with Crippen LogP contribution in [0.25, 0.3) is 16.6 Å². The SMILES string of the molecule is C/C(=C\C=C(/C)c1cn(C2CCC(O)CC2)c2nc(NCCC3CC3)ncc12)CN1CCN(C)CC1. The van der Waals surface area contributed by atoms with Crippen molar-refractivity contribution in [1.29, 1.82) is 0 Å². The monoisotopic (exact) mass is 492 g/mol. The van der Waals surface area contributed by atoms with E-state index in [2.05, 4.69) is 63.9 Å². The van der Waals surface area contributed by atoms with E-state index >= 15 is 0 Å². The molecule has 0 aromatic carbocycles. The quantitative estimate of drug-likeness (QED) is 0.494. The van der Waals surface area contributed by atoms with Gasteiger partial charge in [-0.05, 0) is 64.5 Å². The Labute approximate surface area is 216 Å². The van der Waals surface area contributed by atoms with E-state index in [9.17, 15) is 5.11 Å². The predicted molar refractivity (Wildman–Crippen MR) is 148 cm³/mol. The van der Waals surface area contributed by atoms with E-state index in [1.807, 2.05) is 6.20 Å². The molecule has 0 bridgehead atoms. The molecule has 3 fully saturated rings. The first kappa shape index (κ1) is 25.4. The minimum absolute atomic E-state index is 0.160. The van der Waals surface area contributed by atoms with Crippen LogP contribution >= 0.6 is 0 Å². The van der Waals surface area contributed by atoms with Crippen LogP contribution in [0.3, 0.4) is 0 Å². The lowest BCUT2D eigenvalue weighted by Crippen LogP contribution is -2.44. The Morgan fingerprint density at radius 1 is 1.06 bits per heavy atom. The molecule has 0 amide bonds. The minimum Gasteiger partial charge on any atom is -0.393 e. The van der Waals surface area contributed by atoms with Crippen molar-refractivity contribution >= 4 is 22.6 Å². The third kappa shape index (κ3) is 6.36. The van der Waals surface area contributed by atoms with Crippen LogP contribution in [0.1, 0.15) is 70.4 Å². The number of nitrogens with zero attached hydrogens (tertiary/aromatic N) is 5. The summed E-state index contributed by atoms with van der Waals surface area (Å²) in [7, 11) is 2.20. The summed E-state index contributed by atoms with van der Waals surface area (Å²) < 4.78 is 2.36. The van der Waals surface area contributed by atoms with Crippen molar-refractivity contribution in [3.8, 4) is 0 Å². The average Bonchev–Trinajstić information content (AvgIpc) is 3.63. The summed E-state index contributed by atoms with van der Waals surface area (Å²) in [4.78, 5) is 14.6. The van der Waals surface area contributed by atoms with Crippen molar-refractivity contribution < 1.29 is 5.11 Å². The van der Waals surface area contributed by atoms with Crippen LogP contribution in [0.2, 0.25) is 0 Å². The summed E-state index contributed by atoms with van der Waals surface area (Å²) in [6.07, 6.45) is 16.3. The van der Waals surface area contributed by atoms with Crippen LogP contribution in [0.15, 0.2) is 30.1 Å². The number of hydrogen-bond donors (Lipinski definition) is 2. The molecule has 1 saturated heterocycles. The smallest absolute Gasteiger partial charge is 0.224 e. The first-order chi connectivity index (χ1) is 17.5. The number of anilines is 1. The van der Waals surface area contributed by atoms with E-state index in [1.165, 1.54) is 36.0 Å². The maximum Gasteiger partial charge on any atom is 0.224 e. The Kier molecular flexibility index (Phi) is 8.09. The molecule has 3 aliphatic rings. The van der Waals surface area contributed by atoms with Crippen molar-refractivity contribution in [3.05, 3.63) is 35.7 Å². The molecule has 3 heterocycles. The van der Waals surface area contributed by atoms with Crippen LogP contribution in [-0.2, 0) is 0 Å². The topological polar surface area (TPSA) is 69.4 Å². The molecule has 2 aliphatic carbocycles. The highest BCUT2D eigenvalue weighted by Gasteiger charge is 2.24. The van der Waals surface area contributed by atoms with Crippen LogP contribution in [0.4, 0.5) is 5.95 Å².